The van der Waals surface area contributed by atoms with Gasteiger partial charge in [0.15, 0.2) is 0 Å². The maximum absolute atomic E-state index is 11.8. The van der Waals surface area contributed by atoms with Crippen LogP contribution in [0.25, 0.3) is 0 Å². The predicted octanol–water partition coefficient (Wildman–Crippen LogP) is 2.25. The summed E-state index contributed by atoms with van der Waals surface area (Å²) in [6, 6.07) is 0. The van der Waals surface area contributed by atoms with Gasteiger partial charge in [-0.3, -0.25) is 9.09 Å². The molecule has 10 heteroatoms. The van der Waals surface area contributed by atoms with Gasteiger partial charge in [-0.05, 0) is 32.2 Å². The number of phosphoric ester groups is 1. The van der Waals surface area contributed by atoms with Crippen LogP contribution in [-0.2, 0) is 22.7 Å². The highest BCUT2D eigenvalue weighted by atomic mass is 31.2. The molecule has 0 fully saturated rings. The van der Waals surface area contributed by atoms with Gasteiger partial charge < -0.3 is 24.6 Å². The molecule has 0 saturated carbocycles. The van der Waals surface area contributed by atoms with E-state index in [-0.39, 0.29) is 6.61 Å². The molecule has 1 unspecified atom stereocenters. The Hall–Kier alpha value is 0.220. The monoisotopic (exact) mass is 347 g/mol. The Morgan fingerprint density at radius 3 is 1.67 bits per heavy atom. The van der Waals surface area contributed by atoms with E-state index >= 15 is 0 Å². The van der Waals surface area contributed by atoms with Crippen LogP contribution in [0.15, 0.2) is 0 Å². The average molecular weight is 347 g/mol. The minimum absolute atomic E-state index is 0.0294. The molecule has 0 aromatic heterocycles. The van der Waals surface area contributed by atoms with Gasteiger partial charge in [0.2, 0.25) is 0 Å². The van der Waals surface area contributed by atoms with Crippen LogP contribution in [-0.4, -0.2) is 42.8 Å². The lowest BCUT2D eigenvalue weighted by Crippen LogP contribution is -2.02. The number of nitrogens with two attached hydrogens (primary N) is 1. The Labute approximate surface area is 126 Å². The quantitative estimate of drug-likeness (QED) is 0.322. The smallest absolute Gasteiger partial charge is 0.330 e. The molecule has 0 radical (unpaired) electrons. The molecule has 4 N–H and O–H groups in total. The van der Waals surface area contributed by atoms with Crippen molar-refractivity contribution >= 4 is 15.4 Å². The lowest BCUT2D eigenvalue weighted by molar-refractivity contribution is 0.189. The summed E-state index contributed by atoms with van der Waals surface area (Å²) in [6.07, 6.45) is 4.42. The summed E-state index contributed by atoms with van der Waals surface area (Å²) < 4.78 is 37.0. The standard InChI is InChI=1S/C11H27NO7P2/c1-20(13,18-10-7-4-8-12)17-9-5-2-3-6-11-19-21(14,15)16/h2-12H2,1H3,(H2,14,15,16). The van der Waals surface area contributed by atoms with Gasteiger partial charge in [0.1, 0.15) is 0 Å². The van der Waals surface area contributed by atoms with Crippen molar-refractivity contribution in [3.63, 3.8) is 0 Å². The first-order valence-corrected chi connectivity index (χ1v) is 10.6. The molecule has 0 aliphatic rings. The molecular formula is C11H27NO7P2. The van der Waals surface area contributed by atoms with E-state index in [0.29, 0.717) is 32.6 Å². The lowest BCUT2D eigenvalue weighted by atomic mass is 10.2. The van der Waals surface area contributed by atoms with Gasteiger partial charge in [-0.1, -0.05) is 12.8 Å². The summed E-state index contributed by atoms with van der Waals surface area (Å²) >= 11 is 0. The van der Waals surface area contributed by atoms with Crippen LogP contribution in [0.2, 0.25) is 0 Å². The molecule has 0 aliphatic carbocycles. The average Bonchev–Trinajstić information content (AvgIpc) is 2.36. The molecule has 8 nitrogen and oxygen atoms in total. The molecule has 128 valence electrons. The summed E-state index contributed by atoms with van der Waals surface area (Å²) in [4.78, 5) is 16.9. The molecule has 1 atom stereocenters. The Balaban J connectivity index is 3.44. The SMILES string of the molecule is CP(=O)(OCCCCN)OCCCCCCOP(=O)(O)O. The molecule has 0 aromatic carbocycles. The van der Waals surface area contributed by atoms with Crippen molar-refractivity contribution in [2.45, 2.75) is 38.5 Å². The van der Waals surface area contributed by atoms with E-state index in [4.69, 9.17) is 24.6 Å². The summed E-state index contributed by atoms with van der Waals surface area (Å²) in [6.45, 7) is 2.78. The third-order valence-electron chi connectivity index (χ3n) is 2.55. The number of rotatable bonds is 14. The fourth-order valence-electron chi connectivity index (χ4n) is 1.49. The summed E-state index contributed by atoms with van der Waals surface area (Å²) in [5, 5.41) is 0. The van der Waals surface area contributed by atoms with E-state index in [1.807, 2.05) is 0 Å². The number of phosphoric acid groups is 1. The normalized spacial score (nSPS) is 15.0. The van der Waals surface area contributed by atoms with E-state index in [1.165, 1.54) is 6.66 Å². The van der Waals surface area contributed by atoms with Crippen LogP contribution >= 0.6 is 15.4 Å². The minimum Gasteiger partial charge on any atom is -0.330 e. The molecule has 21 heavy (non-hydrogen) atoms. The number of hydrogen-bond donors (Lipinski definition) is 3. The first-order valence-electron chi connectivity index (χ1n) is 7.03. The largest absolute Gasteiger partial charge is 0.469 e. The topological polar surface area (TPSA) is 128 Å². The molecule has 0 bridgehead atoms. The third kappa shape index (κ3) is 16.4. The highest BCUT2D eigenvalue weighted by Crippen LogP contribution is 2.44. The second-order valence-electron chi connectivity index (χ2n) is 4.67. The Bertz CT molecular complexity index is 347. The first-order chi connectivity index (χ1) is 9.77. The minimum atomic E-state index is -4.35. The molecule has 0 aromatic rings. The van der Waals surface area contributed by atoms with Crippen molar-refractivity contribution in [2.24, 2.45) is 5.73 Å². The van der Waals surface area contributed by atoms with Crippen LogP contribution in [0.5, 0.6) is 0 Å². The zero-order valence-corrected chi connectivity index (χ0v) is 14.3. The van der Waals surface area contributed by atoms with Crippen molar-refractivity contribution in [1.82, 2.24) is 0 Å². The van der Waals surface area contributed by atoms with Gasteiger partial charge >= 0.3 is 15.4 Å². The lowest BCUT2D eigenvalue weighted by Gasteiger charge is -2.14. The Morgan fingerprint density at radius 2 is 1.24 bits per heavy atom. The van der Waals surface area contributed by atoms with Gasteiger partial charge in [-0.25, -0.2) is 4.57 Å². The van der Waals surface area contributed by atoms with Gasteiger partial charge in [0.25, 0.3) is 0 Å². The number of hydrogen-bond acceptors (Lipinski definition) is 6. The van der Waals surface area contributed by atoms with Crippen LogP contribution < -0.4 is 5.73 Å². The van der Waals surface area contributed by atoms with Crippen molar-refractivity contribution in [2.75, 3.05) is 33.0 Å². The maximum atomic E-state index is 11.8. The molecule has 0 amide bonds. The number of unbranched alkanes of at least 4 members (excludes halogenated alkanes) is 4. The first kappa shape index (κ1) is 21.2. The van der Waals surface area contributed by atoms with Crippen molar-refractivity contribution in [3.05, 3.63) is 0 Å². The van der Waals surface area contributed by atoms with E-state index in [0.717, 1.165) is 25.7 Å². The Kier molecular flexibility index (Phi) is 11.9. The van der Waals surface area contributed by atoms with Gasteiger partial charge in [0.05, 0.1) is 19.8 Å². The van der Waals surface area contributed by atoms with E-state index in [2.05, 4.69) is 4.52 Å². The van der Waals surface area contributed by atoms with Gasteiger partial charge in [0, 0.05) is 6.66 Å². The molecule has 0 saturated heterocycles. The molecule has 0 heterocycles. The molecule has 0 aliphatic heterocycles. The molecular weight excluding hydrogens is 320 g/mol. The van der Waals surface area contributed by atoms with Crippen molar-refractivity contribution in [1.29, 1.82) is 0 Å². The van der Waals surface area contributed by atoms with Gasteiger partial charge in [-0.2, -0.15) is 0 Å². The van der Waals surface area contributed by atoms with Crippen molar-refractivity contribution in [3.8, 4) is 0 Å². The van der Waals surface area contributed by atoms with E-state index < -0.39 is 15.4 Å². The zero-order valence-electron chi connectivity index (χ0n) is 12.5. The highest BCUT2D eigenvalue weighted by molar-refractivity contribution is 7.52. The molecule has 0 rings (SSSR count). The highest BCUT2D eigenvalue weighted by Gasteiger charge is 2.16. The Morgan fingerprint density at radius 1 is 0.810 bits per heavy atom. The second-order valence-corrected chi connectivity index (χ2v) is 7.97. The second kappa shape index (κ2) is 11.7. The predicted molar refractivity (Wildman–Crippen MR) is 80.2 cm³/mol. The third-order valence-corrected chi connectivity index (χ3v) is 4.37. The summed E-state index contributed by atoms with van der Waals surface area (Å²) in [5.74, 6) is 0. The maximum Gasteiger partial charge on any atom is 0.469 e. The summed E-state index contributed by atoms with van der Waals surface area (Å²) in [7, 11) is -7.34. The van der Waals surface area contributed by atoms with E-state index in [9.17, 15) is 9.13 Å². The van der Waals surface area contributed by atoms with Gasteiger partial charge in [-0.15, -0.1) is 0 Å². The summed E-state index contributed by atoms with van der Waals surface area (Å²) in [5.41, 5.74) is 5.34. The van der Waals surface area contributed by atoms with Crippen molar-refractivity contribution < 1.29 is 32.5 Å². The van der Waals surface area contributed by atoms with Crippen LogP contribution in [0, 0.1) is 0 Å². The van der Waals surface area contributed by atoms with Crippen LogP contribution in [0.4, 0.5) is 0 Å². The molecule has 0 spiro atoms. The van der Waals surface area contributed by atoms with E-state index in [1.54, 1.807) is 0 Å². The van der Waals surface area contributed by atoms with Crippen LogP contribution in [0.1, 0.15) is 38.5 Å². The van der Waals surface area contributed by atoms with Crippen LogP contribution in [0.3, 0.4) is 0 Å². The fraction of sp³-hybridized carbons (Fsp3) is 1.00. The fourth-order valence-corrected chi connectivity index (χ4v) is 2.85. The zero-order chi connectivity index (χ0) is 16.2.